The average Bonchev–Trinajstić information content (AvgIpc) is 2.35. The van der Waals surface area contributed by atoms with E-state index in [1.165, 1.54) is 12.1 Å². The molecule has 1 aromatic carbocycles. The summed E-state index contributed by atoms with van der Waals surface area (Å²) in [7, 11) is -3.23. The van der Waals surface area contributed by atoms with Gasteiger partial charge in [0, 0.05) is 6.26 Å². The molecular formula is C15H20O4S. The van der Waals surface area contributed by atoms with Crippen molar-refractivity contribution in [2.45, 2.75) is 25.7 Å². The van der Waals surface area contributed by atoms with Crippen LogP contribution in [0, 0.1) is 5.92 Å². The van der Waals surface area contributed by atoms with Crippen LogP contribution in [0.4, 0.5) is 0 Å². The zero-order valence-corrected chi connectivity index (χ0v) is 13.0. The first-order valence-electron chi connectivity index (χ1n) is 6.45. The molecule has 0 bridgehead atoms. The van der Waals surface area contributed by atoms with Gasteiger partial charge in [-0.05, 0) is 30.5 Å². The standard InChI is InChI=1S/C15H20O4S/c1-5-19-15(16)14(10-11(2)3)12-6-8-13(9-7-12)20(4,17)18/h6-11H,5H2,1-4H3/b14-10+. The van der Waals surface area contributed by atoms with Crippen molar-refractivity contribution in [2.75, 3.05) is 12.9 Å². The highest BCUT2D eigenvalue weighted by atomic mass is 32.2. The predicted octanol–water partition coefficient (Wildman–Crippen LogP) is 2.69. The smallest absolute Gasteiger partial charge is 0.338 e. The minimum atomic E-state index is -3.23. The lowest BCUT2D eigenvalue weighted by Crippen LogP contribution is -2.08. The van der Waals surface area contributed by atoms with Crippen molar-refractivity contribution in [1.82, 2.24) is 0 Å². The maximum atomic E-state index is 12.0. The largest absolute Gasteiger partial charge is 0.462 e. The Kier molecular flexibility index (Phi) is 5.51. The van der Waals surface area contributed by atoms with Crippen LogP contribution in [0.15, 0.2) is 35.2 Å². The van der Waals surface area contributed by atoms with Crippen LogP contribution in [0.5, 0.6) is 0 Å². The molecule has 0 aliphatic rings. The molecule has 0 amide bonds. The van der Waals surface area contributed by atoms with Crippen molar-refractivity contribution < 1.29 is 17.9 Å². The SMILES string of the molecule is CCOC(=O)/C(=C/C(C)C)c1ccc(S(C)(=O)=O)cc1. The number of carbonyl (C=O) groups is 1. The Bertz CT molecular complexity index is 595. The van der Waals surface area contributed by atoms with E-state index in [0.29, 0.717) is 17.7 Å². The van der Waals surface area contributed by atoms with E-state index in [-0.39, 0.29) is 10.8 Å². The lowest BCUT2D eigenvalue weighted by atomic mass is 10.0. The number of esters is 1. The first-order valence-corrected chi connectivity index (χ1v) is 8.34. The Morgan fingerprint density at radius 2 is 1.80 bits per heavy atom. The molecule has 0 N–H and O–H groups in total. The summed E-state index contributed by atoms with van der Waals surface area (Å²) < 4.78 is 27.9. The molecule has 1 aromatic rings. The summed E-state index contributed by atoms with van der Waals surface area (Å²) in [5, 5.41) is 0. The fraction of sp³-hybridized carbons (Fsp3) is 0.400. The Morgan fingerprint density at radius 3 is 2.20 bits per heavy atom. The average molecular weight is 296 g/mol. The topological polar surface area (TPSA) is 60.4 Å². The Labute approximate surface area is 120 Å². The van der Waals surface area contributed by atoms with Crippen LogP contribution < -0.4 is 0 Å². The van der Waals surface area contributed by atoms with Gasteiger partial charge in [0.2, 0.25) is 0 Å². The number of sulfone groups is 1. The van der Waals surface area contributed by atoms with Gasteiger partial charge in [-0.25, -0.2) is 13.2 Å². The molecular weight excluding hydrogens is 276 g/mol. The zero-order chi connectivity index (χ0) is 15.3. The summed E-state index contributed by atoms with van der Waals surface area (Å²) in [6.45, 7) is 5.97. The number of rotatable bonds is 5. The maximum Gasteiger partial charge on any atom is 0.338 e. The van der Waals surface area contributed by atoms with Gasteiger partial charge in [0.05, 0.1) is 17.1 Å². The second-order valence-corrected chi connectivity index (χ2v) is 6.86. The molecule has 0 heterocycles. The molecule has 0 aliphatic carbocycles. The molecule has 0 fully saturated rings. The fourth-order valence-electron chi connectivity index (χ4n) is 1.71. The monoisotopic (exact) mass is 296 g/mol. The lowest BCUT2D eigenvalue weighted by Gasteiger charge is -2.09. The zero-order valence-electron chi connectivity index (χ0n) is 12.2. The number of carbonyl (C=O) groups excluding carboxylic acids is 1. The molecule has 0 aliphatic heterocycles. The van der Waals surface area contributed by atoms with Crippen molar-refractivity contribution in [3.05, 3.63) is 35.9 Å². The third kappa shape index (κ3) is 4.49. The number of allylic oxidation sites excluding steroid dienone is 1. The minimum absolute atomic E-state index is 0.184. The van der Waals surface area contributed by atoms with Crippen molar-refractivity contribution in [3.63, 3.8) is 0 Å². The van der Waals surface area contributed by atoms with Crippen LogP contribution in [0.2, 0.25) is 0 Å². The third-order valence-electron chi connectivity index (χ3n) is 2.59. The maximum absolute atomic E-state index is 12.0. The van der Waals surface area contributed by atoms with E-state index in [0.717, 1.165) is 6.26 Å². The van der Waals surface area contributed by atoms with Crippen molar-refractivity contribution in [2.24, 2.45) is 5.92 Å². The number of benzene rings is 1. The van der Waals surface area contributed by atoms with Gasteiger partial charge in [0.25, 0.3) is 0 Å². The van der Waals surface area contributed by atoms with E-state index >= 15 is 0 Å². The van der Waals surface area contributed by atoms with Gasteiger partial charge in [-0.15, -0.1) is 0 Å². The molecule has 0 aromatic heterocycles. The summed E-state index contributed by atoms with van der Waals surface area (Å²) >= 11 is 0. The summed E-state index contributed by atoms with van der Waals surface area (Å²) in [5.41, 5.74) is 1.12. The van der Waals surface area contributed by atoms with Gasteiger partial charge in [0.1, 0.15) is 0 Å². The number of ether oxygens (including phenoxy) is 1. The first kappa shape index (κ1) is 16.4. The summed E-state index contributed by atoms with van der Waals surface area (Å²) in [5.74, 6) is -0.211. The second-order valence-electron chi connectivity index (χ2n) is 4.84. The molecule has 0 radical (unpaired) electrons. The Balaban J connectivity index is 3.19. The molecule has 1 rings (SSSR count). The molecule has 0 saturated heterocycles. The molecule has 0 atom stereocenters. The van der Waals surface area contributed by atoms with E-state index in [9.17, 15) is 13.2 Å². The molecule has 5 heteroatoms. The Morgan fingerprint density at radius 1 is 1.25 bits per heavy atom. The Hall–Kier alpha value is -1.62. The second kappa shape index (κ2) is 6.70. The molecule has 4 nitrogen and oxygen atoms in total. The van der Waals surface area contributed by atoms with Gasteiger partial charge in [-0.2, -0.15) is 0 Å². The molecule has 110 valence electrons. The van der Waals surface area contributed by atoms with Crippen molar-refractivity contribution >= 4 is 21.4 Å². The lowest BCUT2D eigenvalue weighted by molar-refractivity contribution is -0.136. The van der Waals surface area contributed by atoms with Gasteiger partial charge < -0.3 is 4.74 Å². The molecule has 0 saturated carbocycles. The molecule has 0 unspecified atom stereocenters. The van der Waals surface area contributed by atoms with Gasteiger partial charge in [0.15, 0.2) is 9.84 Å². The summed E-state index contributed by atoms with van der Waals surface area (Å²) in [6, 6.07) is 6.25. The van der Waals surface area contributed by atoms with E-state index in [2.05, 4.69) is 0 Å². The highest BCUT2D eigenvalue weighted by Gasteiger charge is 2.15. The summed E-state index contributed by atoms with van der Waals surface area (Å²) in [4.78, 5) is 12.2. The van der Waals surface area contributed by atoms with E-state index in [1.807, 2.05) is 19.9 Å². The fourth-order valence-corrected chi connectivity index (χ4v) is 2.34. The van der Waals surface area contributed by atoms with Crippen LogP contribution in [0.1, 0.15) is 26.3 Å². The van der Waals surface area contributed by atoms with Crippen LogP contribution in [-0.4, -0.2) is 27.2 Å². The number of hydrogen-bond acceptors (Lipinski definition) is 4. The molecule has 0 spiro atoms. The number of hydrogen-bond donors (Lipinski definition) is 0. The van der Waals surface area contributed by atoms with Crippen molar-refractivity contribution in [1.29, 1.82) is 0 Å². The minimum Gasteiger partial charge on any atom is -0.462 e. The van der Waals surface area contributed by atoms with E-state index in [4.69, 9.17) is 4.74 Å². The predicted molar refractivity (Wildman–Crippen MR) is 79.0 cm³/mol. The first-order chi connectivity index (χ1) is 9.25. The van der Waals surface area contributed by atoms with Crippen molar-refractivity contribution in [3.8, 4) is 0 Å². The highest BCUT2D eigenvalue weighted by molar-refractivity contribution is 7.90. The van der Waals surface area contributed by atoms with E-state index in [1.54, 1.807) is 19.1 Å². The quantitative estimate of drug-likeness (QED) is 0.619. The third-order valence-corrected chi connectivity index (χ3v) is 3.72. The van der Waals surface area contributed by atoms with Gasteiger partial charge >= 0.3 is 5.97 Å². The van der Waals surface area contributed by atoms with Crippen LogP contribution in [-0.2, 0) is 19.4 Å². The van der Waals surface area contributed by atoms with E-state index < -0.39 is 15.8 Å². The van der Waals surface area contributed by atoms with Gasteiger partial charge in [-0.3, -0.25) is 0 Å². The highest BCUT2D eigenvalue weighted by Crippen LogP contribution is 2.20. The molecule has 20 heavy (non-hydrogen) atoms. The van der Waals surface area contributed by atoms with Crippen LogP contribution >= 0.6 is 0 Å². The summed E-state index contributed by atoms with van der Waals surface area (Å²) in [6.07, 6.45) is 2.96. The normalized spacial score (nSPS) is 12.6. The van der Waals surface area contributed by atoms with Gasteiger partial charge in [-0.1, -0.05) is 32.1 Å². The van der Waals surface area contributed by atoms with Crippen LogP contribution in [0.25, 0.3) is 5.57 Å². The van der Waals surface area contributed by atoms with Crippen LogP contribution in [0.3, 0.4) is 0 Å².